The summed E-state index contributed by atoms with van der Waals surface area (Å²) in [7, 11) is 0. The molecule has 0 aromatic heterocycles. The van der Waals surface area contributed by atoms with Gasteiger partial charge in [0.2, 0.25) is 0 Å². The maximum atomic E-state index is 6.02. The third kappa shape index (κ3) is 1.62. The van der Waals surface area contributed by atoms with Gasteiger partial charge in [-0.15, -0.1) is 0 Å². The molecule has 0 radical (unpaired) electrons. The maximum Gasteiger partial charge on any atom is 0.124 e. The molecule has 3 rings (SSSR count). The minimum absolute atomic E-state index is 0.432. The Kier molecular flexibility index (Phi) is 2.33. The zero-order chi connectivity index (χ0) is 10.3. The number of rotatable bonds is 1. The molecule has 2 aliphatic rings. The molecule has 3 heteroatoms. The van der Waals surface area contributed by atoms with Crippen molar-refractivity contribution < 1.29 is 4.74 Å². The average Bonchev–Trinajstić information content (AvgIpc) is 2.83. The number of halogens is 1. The van der Waals surface area contributed by atoms with E-state index in [2.05, 4.69) is 4.90 Å². The van der Waals surface area contributed by atoms with Crippen LogP contribution in [0.3, 0.4) is 0 Å². The van der Waals surface area contributed by atoms with Crippen LogP contribution in [-0.2, 0) is 0 Å². The van der Waals surface area contributed by atoms with Crippen molar-refractivity contribution in [3.05, 3.63) is 28.8 Å². The standard InChI is InChI=1S/C12H14ClNO/c13-9-3-4-12-10(7-9)11(8-15-12)14-5-1-2-6-14/h3-4,7,11H,1-2,5-6,8H2/t11-/m0/s1. The predicted octanol–water partition coefficient (Wildman–Crippen LogP) is 2.87. The van der Waals surface area contributed by atoms with E-state index in [0.29, 0.717) is 6.04 Å². The fourth-order valence-corrected chi connectivity index (χ4v) is 2.71. The van der Waals surface area contributed by atoms with Crippen molar-refractivity contribution in [3.63, 3.8) is 0 Å². The smallest absolute Gasteiger partial charge is 0.124 e. The van der Waals surface area contributed by atoms with Gasteiger partial charge >= 0.3 is 0 Å². The quantitative estimate of drug-likeness (QED) is 0.726. The molecule has 0 N–H and O–H groups in total. The number of hydrogen-bond acceptors (Lipinski definition) is 2. The summed E-state index contributed by atoms with van der Waals surface area (Å²) in [6.07, 6.45) is 2.62. The molecule has 1 aromatic rings. The topological polar surface area (TPSA) is 12.5 Å². The fourth-order valence-electron chi connectivity index (χ4n) is 2.53. The monoisotopic (exact) mass is 223 g/mol. The SMILES string of the molecule is Clc1ccc2c(c1)[C@@H](N1CCCC1)CO2. The third-order valence-electron chi connectivity index (χ3n) is 3.31. The molecular formula is C12H14ClNO. The van der Waals surface area contributed by atoms with Crippen molar-refractivity contribution in [1.82, 2.24) is 4.90 Å². The van der Waals surface area contributed by atoms with E-state index in [1.807, 2.05) is 18.2 Å². The van der Waals surface area contributed by atoms with Gasteiger partial charge in [-0.2, -0.15) is 0 Å². The Bertz CT molecular complexity index is 374. The molecule has 80 valence electrons. The van der Waals surface area contributed by atoms with Crippen molar-refractivity contribution in [3.8, 4) is 5.75 Å². The van der Waals surface area contributed by atoms with Crippen LogP contribution in [0.25, 0.3) is 0 Å². The summed E-state index contributed by atoms with van der Waals surface area (Å²) >= 11 is 6.02. The number of ether oxygens (including phenoxy) is 1. The van der Waals surface area contributed by atoms with Crippen molar-refractivity contribution in [2.75, 3.05) is 19.7 Å². The van der Waals surface area contributed by atoms with E-state index in [1.165, 1.54) is 31.5 Å². The first kappa shape index (κ1) is 9.49. The van der Waals surface area contributed by atoms with Gasteiger partial charge < -0.3 is 4.74 Å². The Morgan fingerprint density at radius 3 is 2.87 bits per heavy atom. The van der Waals surface area contributed by atoms with Gasteiger partial charge in [0, 0.05) is 10.6 Å². The lowest BCUT2D eigenvalue weighted by atomic mass is 10.1. The van der Waals surface area contributed by atoms with Crippen molar-refractivity contribution in [1.29, 1.82) is 0 Å². The first-order valence-electron chi connectivity index (χ1n) is 5.51. The van der Waals surface area contributed by atoms with Crippen LogP contribution in [0.5, 0.6) is 5.75 Å². The summed E-state index contributed by atoms with van der Waals surface area (Å²) in [5.41, 5.74) is 1.27. The second-order valence-electron chi connectivity index (χ2n) is 4.25. The van der Waals surface area contributed by atoms with Crippen LogP contribution in [0.1, 0.15) is 24.4 Å². The molecule has 0 spiro atoms. The summed E-state index contributed by atoms with van der Waals surface area (Å²) in [4.78, 5) is 2.50. The highest BCUT2D eigenvalue weighted by molar-refractivity contribution is 6.30. The highest BCUT2D eigenvalue weighted by Crippen LogP contribution is 2.38. The van der Waals surface area contributed by atoms with E-state index >= 15 is 0 Å². The first-order chi connectivity index (χ1) is 7.34. The normalized spacial score (nSPS) is 25.3. The largest absolute Gasteiger partial charge is 0.491 e. The van der Waals surface area contributed by atoms with Gasteiger partial charge in [-0.1, -0.05) is 11.6 Å². The summed E-state index contributed by atoms with van der Waals surface area (Å²) in [5.74, 6) is 1.01. The van der Waals surface area contributed by atoms with Crippen molar-refractivity contribution >= 4 is 11.6 Å². The van der Waals surface area contributed by atoms with E-state index in [-0.39, 0.29) is 0 Å². The predicted molar refractivity (Wildman–Crippen MR) is 60.5 cm³/mol. The summed E-state index contributed by atoms with van der Waals surface area (Å²) in [6, 6.07) is 6.36. The maximum absolute atomic E-state index is 6.02. The zero-order valence-electron chi connectivity index (χ0n) is 8.58. The zero-order valence-corrected chi connectivity index (χ0v) is 9.33. The molecule has 2 nitrogen and oxygen atoms in total. The summed E-state index contributed by atoms with van der Waals surface area (Å²) in [6.45, 7) is 3.18. The van der Waals surface area contributed by atoms with Crippen LogP contribution < -0.4 is 4.74 Å². The number of likely N-dealkylation sites (tertiary alicyclic amines) is 1. The number of hydrogen-bond donors (Lipinski definition) is 0. The van der Waals surface area contributed by atoms with Gasteiger partial charge in [0.25, 0.3) is 0 Å². The van der Waals surface area contributed by atoms with Gasteiger partial charge in [-0.25, -0.2) is 0 Å². The third-order valence-corrected chi connectivity index (χ3v) is 3.54. The van der Waals surface area contributed by atoms with Gasteiger partial charge in [-0.05, 0) is 44.1 Å². The Morgan fingerprint density at radius 2 is 2.07 bits per heavy atom. The molecule has 2 heterocycles. The molecule has 0 bridgehead atoms. The van der Waals surface area contributed by atoms with Crippen LogP contribution in [0.2, 0.25) is 5.02 Å². The average molecular weight is 224 g/mol. The molecule has 2 aliphatic heterocycles. The lowest BCUT2D eigenvalue weighted by molar-refractivity contribution is 0.195. The van der Waals surface area contributed by atoms with E-state index < -0.39 is 0 Å². The minimum atomic E-state index is 0.432. The van der Waals surface area contributed by atoms with Crippen LogP contribution >= 0.6 is 11.6 Å². The van der Waals surface area contributed by atoms with E-state index in [1.54, 1.807) is 0 Å². The molecule has 0 aliphatic carbocycles. The second-order valence-corrected chi connectivity index (χ2v) is 4.69. The van der Waals surface area contributed by atoms with Crippen LogP contribution in [0.15, 0.2) is 18.2 Å². The summed E-state index contributed by atoms with van der Waals surface area (Å²) < 4.78 is 5.68. The number of fused-ring (bicyclic) bond motifs is 1. The number of nitrogens with zero attached hydrogens (tertiary/aromatic N) is 1. The van der Waals surface area contributed by atoms with E-state index in [9.17, 15) is 0 Å². The van der Waals surface area contributed by atoms with Gasteiger partial charge in [0.1, 0.15) is 12.4 Å². The Balaban J connectivity index is 1.92. The van der Waals surface area contributed by atoms with Crippen LogP contribution in [0, 0.1) is 0 Å². The Hall–Kier alpha value is -0.730. The van der Waals surface area contributed by atoms with Gasteiger partial charge in [0.05, 0.1) is 6.04 Å². The highest BCUT2D eigenvalue weighted by Gasteiger charge is 2.31. The second kappa shape index (κ2) is 3.69. The van der Waals surface area contributed by atoms with E-state index in [4.69, 9.17) is 16.3 Å². The molecule has 0 saturated carbocycles. The molecule has 1 aromatic carbocycles. The van der Waals surface area contributed by atoms with Crippen molar-refractivity contribution in [2.24, 2.45) is 0 Å². The van der Waals surface area contributed by atoms with Gasteiger partial charge in [0.15, 0.2) is 0 Å². The first-order valence-corrected chi connectivity index (χ1v) is 5.89. The molecule has 1 saturated heterocycles. The van der Waals surface area contributed by atoms with Crippen molar-refractivity contribution in [2.45, 2.75) is 18.9 Å². The number of benzene rings is 1. The van der Waals surface area contributed by atoms with E-state index in [0.717, 1.165) is 17.4 Å². The molecule has 1 fully saturated rings. The van der Waals surface area contributed by atoms with Gasteiger partial charge in [-0.3, -0.25) is 4.90 Å². The molecular weight excluding hydrogens is 210 g/mol. The molecule has 1 atom stereocenters. The fraction of sp³-hybridized carbons (Fsp3) is 0.500. The molecule has 15 heavy (non-hydrogen) atoms. The van der Waals surface area contributed by atoms with Crippen LogP contribution in [0.4, 0.5) is 0 Å². The van der Waals surface area contributed by atoms with Crippen LogP contribution in [-0.4, -0.2) is 24.6 Å². The summed E-state index contributed by atoms with van der Waals surface area (Å²) in [5, 5.41) is 0.809. The Labute approximate surface area is 94.8 Å². The Morgan fingerprint density at radius 1 is 1.27 bits per heavy atom. The minimum Gasteiger partial charge on any atom is -0.491 e. The molecule has 0 amide bonds. The molecule has 0 unspecified atom stereocenters. The highest BCUT2D eigenvalue weighted by atomic mass is 35.5. The lowest BCUT2D eigenvalue weighted by Gasteiger charge is -2.21. The lowest BCUT2D eigenvalue weighted by Crippen LogP contribution is -2.26.